The van der Waals surface area contributed by atoms with Gasteiger partial charge in [0.2, 0.25) is 0 Å². The fourth-order valence-electron chi connectivity index (χ4n) is 1.62. The smallest absolute Gasteiger partial charge is 0.370 e. The molecule has 0 fully saturated rings. The molecule has 0 unspecified atom stereocenters. The lowest BCUT2D eigenvalue weighted by molar-refractivity contribution is -0.137. The maximum atomic E-state index is 12.9. The van der Waals surface area contributed by atoms with Crippen molar-refractivity contribution in [2.75, 3.05) is 11.9 Å². The third-order valence-corrected chi connectivity index (χ3v) is 2.57. The van der Waals surface area contributed by atoms with Crippen molar-refractivity contribution in [2.24, 2.45) is 0 Å². The number of hydrogen-bond donors (Lipinski definition) is 1. The van der Waals surface area contributed by atoms with Crippen molar-refractivity contribution in [1.29, 1.82) is 0 Å². The van der Waals surface area contributed by atoms with Gasteiger partial charge in [-0.2, -0.15) is 13.2 Å². The van der Waals surface area contributed by atoms with Gasteiger partial charge in [-0.15, -0.1) is 0 Å². The standard InChI is InChI=1S/C13H13F3N4/c1-2-3-19-12-5-10(13(14,15)16)4-11(20-12)9-6-17-8-18-7-9/h4-8H,2-3H2,1H3,(H,19,20). The van der Waals surface area contributed by atoms with Crippen LogP contribution in [0.25, 0.3) is 11.3 Å². The van der Waals surface area contributed by atoms with E-state index in [-0.39, 0.29) is 11.5 Å². The van der Waals surface area contributed by atoms with Gasteiger partial charge in [0.25, 0.3) is 0 Å². The Kier molecular flexibility index (Phi) is 4.16. The molecule has 2 aromatic heterocycles. The van der Waals surface area contributed by atoms with Crippen molar-refractivity contribution in [3.05, 3.63) is 36.4 Å². The summed E-state index contributed by atoms with van der Waals surface area (Å²) in [5.74, 6) is 0.195. The highest BCUT2D eigenvalue weighted by atomic mass is 19.4. The van der Waals surface area contributed by atoms with Crippen LogP contribution < -0.4 is 5.32 Å². The normalized spacial score (nSPS) is 11.4. The molecular weight excluding hydrogens is 269 g/mol. The monoisotopic (exact) mass is 282 g/mol. The third kappa shape index (κ3) is 3.43. The van der Waals surface area contributed by atoms with Crippen molar-refractivity contribution in [1.82, 2.24) is 15.0 Å². The Hall–Kier alpha value is -2.18. The van der Waals surface area contributed by atoms with Crippen LogP contribution in [0.15, 0.2) is 30.9 Å². The molecule has 2 aromatic rings. The molecule has 0 aliphatic heterocycles. The Balaban J connectivity index is 2.46. The van der Waals surface area contributed by atoms with Crippen molar-refractivity contribution >= 4 is 5.82 Å². The first-order valence-electron chi connectivity index (χ1n) is 6.09. The van der Waals surface area contributed by atoms with Gasteiger partial charge in [-0.1, -0.05) is 6.92 Å². The molecule has 0 saturated carbocycles. The summed E-state index contributed by atoms with van der Waals surface area (Å²) in [6, 6.07) is 2.00. The Bertz CT molecular complexity index is 570. The molecule has 0 spiro atoms. The topological polar surface area (TPSA) is 50.7 Å². The molecule has 2 heterocycles. The van der Waals surface area contributed by atoms with E-state index in [1.165, 1.54) is 18.7 Å². The van der Waals surface area contributed by atoms with E-state index in [2.05, 4.69) is 20.3 Å². The molecule has 106 valence electrons. The Morgan fingerprint density at radius 2 is 1.85 bits per heavy atom. The molecule has 0 aliphatic carbocycles. The number of nitrogens with zero attached hydrogens (tertiary/aromatic N) is 3. The summed E-state index contributed by atoms with van der Waals surface area (Å²) >= 11 is 0. The fraction of sp³-hybridized carbons (Fsp3) is 0.308. The van der Waals surface area contributed by atoms with E-state index in [1.54, 1.807) is 0 Å². The highest BCUT2D eigenvalue weighted by Gasteiger charge is 2.31. The third-order valence-electron chi connectivity index (χ3n) is 2.57. The molecule has 0 aliphatic rings. The molecular formula is C13H13F3N4. The summed E-state index contributed by atoms with van der Waals surface area (Å²) in [6.45, 7) is 2.48. The number of hydrogen-bond acceptors (Lipinski definition) is 4. The van der Waals surface area contributed by atoms with Crippen molar-refractivity contribution < 1.29 is 13.2 Å². The van der Waals surface area contributed by atoms with E-state index in [0.717, 1.165) is 18.6 Å². The predicted octanol–water partition coefficient (Wildman–Crippen LogP) is 3.38. The Labute approximate surface area is 114 Å². The van der Waals surface area contributed by atoms with Crippen LogP contribution >= 0.6 is 0 Å². The van der Waals surface area contributed by atoms with Crippen LogP contribution in [0.1, 0.15) is 18.9 Å². The van der Waals surface area contributed by atoms with Gasteiger partial charge in [-0.3, -0.25) is 0 Å². The molecule has 4 nitrogen and oxygen atoms in total. The van der Waals surface area contributed by atoms with Gasteiger partial charge in [0.15, 0.2) is 0 Å². The lowest BCUT2D eigenvalue weighted by Gasteiger charge is -2.12. The van der Waals surface area contributed by atoms with Gasteiger partial charge < -0.3 is 5.32 Å². The van der Waals surface area contributed by atoms with Crippen LogP contribution in [0.5, 0.6) is 0 Å². The van der Waals surface area contributed by atoms with Crippen LogP contribution in [-0.4, -0.2) is 21.5 Å². The largest absolute Gasteiger partial charge is 0.416 e. The second-order valence-electron chi connectivity index (χ2n) is 4.18. The molecule has 0 amide bonds. The number of aromatic nitrogens is 3. The summed E-state index contributed by atoms with van der Waals surface area (Å²) in [5, 5.41) is 2.87. The second kappa shape index (κ2) is 5.85. The van der Waals surface area contributed by atoms with E-state index in [1.807, 2.05) is 6.92 Å². The average molecular weight is 282 g/mol. The lowest BCUT2D eigenvalue weighted by Crippen LogP contribution is -2.09. The summed E-state index contributed by atoms with van der Waals surface area (Å²) in [5.41, 5.74) is -0.109. The summed E-state index contributed by atoms with van der Waals surface area (Å²) < 4.78 is 38.7. The van der Waals surface area contributed by atoms with Crippen molar-refractivity contribution in [3.63, 3.8) is 0 Å². The van der Waals surface area contributed by atoms with Crippen molar-refractivity contribution in [3.8, 4) is 11.3 Å². The Morgan fingerprint density at radius 3 is 2.45 bits per heavy atom. The van der Waals surface area contributed by atoms with Crippen LogP contribution in [0.2, 0.25) is 0 Å². The maximum Gasteiger partial charge on any atom is 0.416 e. The molecule has 0 aromatic carbocycles. The molecule has 20 heavy (non-hydrogen) atoms. The zero-order valence-electron chi connectivity index (χ0n) is 10.8. The minimum atomic E-state index is -4.42. The average Bonchev–Trinajstić information content (AvgIpc) is 2.45. The first kappa shape index (κ1) is 14.2. The lowest BCUT2D eigenvalue weighted by atomic mass is 10.1. The first-order valence-corrected chi connectivity index (χ1v) is 6.09. The van der Waals surface area contributed by atoms with E-state index in [4.69, 9.17) is 0 Å². The van der Waals surface area contributed by atoms with Gasteiger partial charge >= 0.3 is 6.18 Å². The molecule has 0 bridgehead atoms. The molecule has 0 saturated heterocycles. The molecule has 0 atom stereocenters. The second-order valence-corrected chi connectivity index (χ2v) is 4.18. The van der Waals surface area contributed by atoms with Gasteiger partial charge in [0.05, 0.1) is 11.3 Å². The molecule has 1 N–H and O–H groups in total. The summed E-state index contributed by atoms with van der Waals surface area (Å²) in [4.78, 5) is 11.7. The minimum Gasteiger partial charge on any atom is -0.370 e. The summed E-state index contributed by atoms with van der Waals surface area (Å²) in [7, 11) is 0. The fourth-order valence-corrected chi connectivity index (χ4v) is 1.62. The molecule has 2 rings (SSSR count). The molecule has 7 heteroatoms. The molecule has 0 radical (unpaired) electrons. The van der Waals surface area contributed by atoms with Crippen LogP contribution in [0, 0.1) is 0 Å². The minimum absolute atomic E-state index is 0.194. The van der Waals surface area contributed by atoms with E-state index >= 15 is 0 Å². The number of anilines is 1. The zero-order chi connectivity index (χ0) is 14.6. The summed E-state index contributed by atoms with van der Waals surface area (Å²) in [6.07, 6.45) is 0.545. The van der Waals surface area contributed by atoms with Gasteiger partial charge in [-0.25, -0.2) is 15.0 Å². The van der Waals surface area contributed by atoms with Crippen LogP contribution in [-0.2, 0) is 6.18 Å². The van der Waals surface area contributed by atoms with E-state index in [9.17, 15) is 13.2 Å². The van der Waals surface area contributed by atoms with Gasteiger partial charge in [0.1, 0.15) is 12.1 Å². The van der Waals surface area contributed by atoms with Gasteiger partial charge in [-0.05, 0) is 18.6 Å². The predicted molar refractivity (Wildman–Crippen MR) is 69.0 cm³/mol. The maximum absolute atomic E-state index is 12.9. The highest BCUT2D eigenvalue weighted by molar-refractivity contribution is 5.61. The number of pyridine rings is 1. The number of rotatable bonds is 4. The van der Waals surface area contributed by atoms with E-state index in [0.29, 0.717) is 12.1 Å². The van der Waals surface area contributed by atoms with Crippen molar-refractivity contribution in [2.45, 2.75) is 19.5 Å². The number of alkyl halides is 3. The quantitative estimate of drug-likeness (QED) is 0.934. The van der Waals surface area contributed by atoms with Gasteiger partial charge in [0, 0.05) is 24.5 Å². The first-order chi connectivity index (χ1) is 9.50. The van der Waals surface area contributed by atoms with Crippen LogP contribution in [0.3, 0.4) is 0 Å². The Morgan fingerprint density at radius 1 is 1.15 bits per heavy atom. The number of halogens is 3. The highest BCUT2D eigenvalue weighted by Crippen LogP contribution is 2.33. The SMILES string of the molecule is CCCNc1cc(C(F)(F)F)cc(-c2cncnc2)n1. The van der Waals surface area contributed by atoms with E-state index < -0.39 is 11.7 Å². The zero-order valence-corrected chi connectivity index (χ0v) is 10.8. The van der Waals surface area contributed by atoms with Crippen LogP contribution in [0.4, 0.5) is 19.0 Å². The number of nitrogens with one attached hydrogen (secondary N) is 1.